The molecule has 2 unspecified atom stereocenters. The molecule has 104 valence electrons. The van der Waals surface area contributed by atoms with E-state index in [-0.39, 0.29) is 11.9 Å². The third-order valence-corrected chi connectivity index (χ3v) is 5.22. The zero-order valence-corrected chi connectivity index (χ0v) is 13.2. The van der Waals surface area contributed by atoms with E-state index < -0.39 is 0 Å². The fourth-order valence-corrected chi connectivity index (χ4v) is 3.38. The third kappa shape index (κ3) is 2.96. The highest BCUT2D eigenvalue weighted by Crippen LogP contribution is 2.31. The lowest BCUT2D eigenvalue weighted by Crippen LogP contribution is -2.41. The molecule has 0 aliphatic heterocycles. The fourth-order valence-electron chi connectivity index (χ4n) is 2.81. The maximum atomic E-state index is 12.5. The topological polar surface area (TPSA) is 46.3 Å². The van der Waals surface area contributed by atoms with Crippen molar-refractivity contribution in [2.45, 2.75) is 25.3 Å². The lowest BCUT2D eigenvalue weighted by molar-refractivity contribution is 0.0700. The predicted octanol–water partition coefficient (Wildman–Crippen LogP) is 3.30. The van der Waals surface area contributed by atoms with Crippen LogP contribution in [0.2, 0.25) is 5.02 Å². The molecule has 2 atom stereocenters. The summed E-state index contributed by atoms with van der Waals surface area (Å²) in [7, 11) is 1.85. The van der Waals surface area contributed by atoms with Gasteiger partial charge in [-0.3, -0.25) is 4.79 Å². The van der Waals surface area contributed by atoms with Gasteiger partial charge in [0.15, 0.2) is 0 Å². The molecule has 1 amide bonds. The SMILES string of the molecule is CN(C(=O)c1cccc(Br)c1Cl)C1CCCC1CN. The summed E-state index contributed by atoms with van der Waals surface area (Å²) in [4.78, 5) is 14.3. The van der Waals surface area contributed by atoms with Gasteiger partial charge in [0.25, 0.3) is 5.91 Å². The van der Waals surface area contributed by atoms with E-state index in [1.54, 1.807) is 11.0 Å². The molecule has 1 aliphatic rings. The molecule has 2 N–H and O–H groups in total. The number of hydrogen-bond donors (Lipinski definition) is 1. The first-order valence-corrected chi connectivity index (χ1v) is 7.64. The Morgan fingerprint density at radius 1 is 1.53 bits per heavy atom. The van der Waals surface area contributed by atoms with E-state index >= 15 is 0 Å². The summed E-state index contributed by atoms with van der Waals surface area (Å²) in [6.45, 7) is 0.633. The quantitative estimate of drug-likeness (QED) is 0.913. The van der Waals surface area contributed by atoms with Crippen LogP contribution in [0.4, 0.5) is 0 Å². The predicted molar refractivity (Wildman–Crippen MR) is 81.4 cm³/mol. The first-order chi connectivity index (χ1) is 9.06. The van der Waals surface area contributed by atoms with Gasteiger partial charge in [-0.25, -0.2) is 0 Å². The zero-order chi connectivity index (χ0) is 14.0. The molecule has 1 fully saturated rings. The number of nitrogens with zero attached hydrogens (tertiary/aromatic N) is 1. The number of nitrogens with two attached hydrogens (primary N) is 1. The van der Waals surface area contributed by atoms with E-state index in [0.717, 1.165) is 23.7 Å². The molecule has 1 aliphatic carbocycles. The highest BCUT2D eigenvalue weighted by molar-refractivity contribution is 9.10. The molecular formula is C14H18BrClN2O. The van der Waals surface area contributed by atoms with Crippen molar-refractivity contribution in [3.63, 3.8) is 0 Å². The highest BCUT2D eigenvalue weighted by Gasteiger charge is 2.32. The third-order valence-electron chi connectivity index (χ3n) is 3.92. The van der Waals surface area contributed by atoms with Crippen LogP contribution < -0.4 is 5.73 Å². The molecule has 0 spiro atoms. The Morgan fingerprint density at radius 2 is 2.26 bits per heavy atom. The lowest BCUT2D eigenvalue weighted by atomic mass is 10.0. The van der Waals surface area contributed by atoms with Crippen LogP contribution >= 0.6 is 27.5 Å². The molecule has 0 saturated heterocycles. The second kappa shape index (κ2) is 6.25. The Balaban J connectivity index is 2.21. The summed E-state index contributed by atoms with van der Waals surface area (Å²) in [5, 5.41) is 0.474. The summed E-state index contributed by atoms with van der Waals surface area (Å²) < 4.78 is 0.746. The smallest absolute Gasteiger partial charge is 0.255 e. The summed E-state index contributed by atoms with van der Waals surface area (Å²) in [5.74, 6) is 0.372. The molecule has 2 rings (SSSR count). The number of benzene rings is 1. The minimum Gasteiger partial charge on any atom is -0.338 e. The monoisotopic (exact) mass is 344 g/mol. The minimum atomic E-state index is -0.0309. The van der Waals surface area contributed by atoms with Gasteiger partial charge in [0.2, 0.25) is 0 Å². The Kier molecular flexibility index (Phi) is 4.87. The van der Waals surface area contributed by atoms with Crippen LogP contribution in [-0.4, -0.2) is 30.4 Å². The van der Waals surface area contributed by atoms with Gasteiger partial charge in [-0.05, 0) is 53.4 Å². The Bertz CT molecular complexity index is 481. The molecule has 0 radical (unpaired) electrons. The van der Waals surface area contributed by atoms with Gasteiger partial charge < -0.3 is 10.6 Å². The van der Waals surface area contributed by atoms with Crippen molar-refractivity contribution in [1.29, 1.82) is 0 Å². The van der Waals surface area contributed by atoms with E-state index in [1.807, 2.05) is 19.2 Å². The summed E-state index contributed by atoms with van der Waals surface area (Å²) in [6.07, 6.45) is 3.26. The number of carbonyl (C=O) groups excluding carboxylic acids is 1. The fraction of sp³-hybridized carbons (Fsp3) is 0.500. The molecule has 1 aromatic carbocycles. The number of hydrogen-bond acceptors (Lipinski definition) is 2. The standard InChI is InChI=1S/C14H18BrClN2O/c1-18(12-7-2-4-9(12)8-17)14(19)10-5-3-6-11(15)13(10)16/h3,5-6,9,12H,2,4,7-8,17H2,1H3. The molecule has 0 heterocycles. The second-order valence-corrected chi connectivity index (χ2v) is 6.24. The summed E-state index contributed by atoms with van der Waals surface area (Å²) in [5.41, 5.74) is 6.33. The van der Waals surface area contributed by atoms with Crippen molar-refractivity contribution >= 4 is 33.4 Å². The lowest BCUT2D eigenvalue weighted by Gasteiger charge is -2.29. The molecule has 19 heavy (non-hydrogen) atoms. The van der Waals surface area contributed by atoms with Crippen molar-refractivity contribution in [3.05, 3.63) is 33.3 Å². The molecular weight excluding hydrogens is 328 g/mol. The van der Waals surface area contributed by atoms with Gasteiger partial charge in [0, 0.05) is 17.6 Å². The first-order valence-electron chi connectivity index (χ1n) is 6.47. The van der Waals surface area contributed by atoms with Gasteiger partial charge in [-0.2, -0.15) is 0 Å². The summed E-state index contributed by atoms with van der Waals surface area (Å²) in [6, 6.07) is 5.65. The average Bonchev–Trinajstić information content (AvgIpc) is 2.88. The van der Waals surface area contributed by atoms with Crippen molar-refractivity contribution in [2.24, 2.45) is 11.7 Å². The molecule has 0 aromatic heterocycles. The van der Waals surface area contributed by atoms with E-state index in [4.69, 9.17) is 17.3 Å². The number of halogens is 2. The van der Waals surface area contributed by atoms with Crippen LogP contribution in [0, 0.1) is 5.92 Å². The molecule has 1 aromatic rings. The van der Waals surface area contributed by atoms with Crippen LogP contribution in [0.3, 0.4) is 0 Å². The van der Waals surface area contributed by atoms with Crippen LogP contribution in [-0.2, 0) is 0 Å². The average molecular weight is 346 g/mol. The van der Waals surface area contributed by atoms with Crippen LogP contribution in [0.1, 0.15) is 29.6 Å². The number of amides is 1. The number of rotatable bonds is 3. The van der Waals surface area contributed by atoms with Gasteiger partial charge in [-0.15, -0.1) is 0 Å². The van der Waals surface area contributed by atoms with Crippen LogP contribution in [0.5, 0.6) is 0 Å². The maximum absolute atomic E-state index is 12.5. The Morgan fingerprint density at radius 3 is 2.95 bits per heavy atom. The Hall–Kier alpha value is -0.580. The largest absolute Gasteiger partial charge is 0.338 e. The van der Waals surface area contributed by atoms with E-state index in [9.17, 15) is 4.79 Å². The van der Waals surface area contributed by atoms with Crippen LogP contribution in [0.25, 0.3) is 0 Å². The maximum Gasteiger partial charge on any atom is 0.255 e. The summed E-state index contributed by atoms with van der Waals surface area (Å²) >= 11 is 9.54. The highest BCUT2D eigenvalue weighted by atomic mass is 79.9. The van der Waals surface area contributed by atoms with Crippen LogP contribution in [0.15, 0.2) is 22.7 Å². The first kappa shape index (κ1) is 14.8. The van der Waals surface area contributed by atoms with Gasteiger partial charge in [-0.1, -0.05) is 24.1 Å². The minimum absolute atomic E-state index is 0.0309. The molecule has 0 bridgehead atoms. The number of carbonyl (C=O) groups is 1. The van der Waals surface area contributed by atoms with E-state index in [2.05, 4.69) is 15.9 Å². The van der Waals surface area contributed by atoms with Crippen molar-refractivity contribution in [3.8, 4) is 0 Å². The van der Waals surface area contributed by atoms with E-state index in [0.29, 0.717) is 23.0 Å². The zero-order valence-electron chi connectivity index (χ0n) is 10.9. The molecule has 3 nitrogen and oxygen atoms in total. The van der Waals surface area contributed by atoms with Gasteiger partial charge in [0.05, 0.1) is 10.6 Å². The van der Waals surface area contributed by atoms with Crippen molar-refractivity contribution < 1.29 is 4.79 Å². The van der Waals surface area contributed by atoms with Crippen molar-refractivity contribution in [1.82, 2.24) is 4.90 Å². The normalized spacial score (nSPS) is 22.5. The second-order valence-electron chi connectivity index (χ2n) is 5.01. The van der Waals surface area contributed by atoms with Gasteiger partial charge >= 0.3 is 0 Å². The van der Waals surface area contributed by atoms with Gasteiger partial charge in [0.1, 0.15) is 0 Å². The molecule has 1 saturated carbocycles. The molecule has 5 heteroatoms. The van der Waals surface area contributed by atoms with E-state index in [1.165, 1.54) is 0 Å². The Labute approximate surface area is 127 Å². The van der Waals surface area contributed by atoms with Crippen molar-refractivity contribution in [2.75, 3.05) is 13.6 Å².